The van der Waals surface area contributed by atoms with Gasteiger partial charge in [0.05, 0.1) is 0 Å². The second kappa shape index (κ2) is 6.10. The number of piperidine rings is 1. The zero-order chi connectivity index (χ0) is 16.7. The van der Waals surface area contributed by atoms with Gasteiger partial charge < -0.3 is 5.32 Å². The molecule has 3 aliphatic rings. The van der Waals surface area contributed by atoms with E-state index in [0.717, 1.165) is 31.6 Å². The van der Waals surface area contributed by atoms with Crippen molar-refractivity contribution in [2.24, 2.45) is 5.41 Å². The lowest BCUT2D eigenvalue weighted by molar-refractivity contribution is -0.0221. The number of fused-ring (bicyclic) bond motifs is 1. The van der Waals surface area contributed by atoms with E-state index >= 15 is 0 Å². The molecule has 0 bridgehead atoms. The number of halogens is 1. The van der Waals surface area contributed by atoms with Gasteiger partial charge in [-0.15, -0.1) is 0 Å². The molecule has 24 heavy (non-hydrogen) atoms. The molecule has 3 N–H and O–H groups in total. The van der Waals surface area contributed by atoms with Gasteiger partial charge in [0.25, 0.3) is 5.91 Å². The van der Waals surface area contributed by atoms with E-state index in [1.54, 1.807) is 11.5 Å². The largest absolute Gasteiger partial charge is 0.316 e. The summed E-state index contributed by atoms with van der Waals surface area (Å²) < 4.78 is 14.4. The first-order valence-electron chi connectivity index (χ1n) is 8.81. The number of carbonyl (C=O) groups excluding carboxylic acids is 1. The Hall–Kier alpha value is -1.50. The zero-order valence-electron chi connectivity index (χ0n) is 13.8. The van der Waals surface area contributed by atoms with E-state index in [2.05, 4.69) is 10.2 Å². The van der Waals surface area contributed by atoms with Gasteiger partial charge in [-0.3, -0.25) is 14.9 Å². The number of hydroxylamine groups is 1. The maximum Gasteiger partial charge on any atom is 0.274 e. The lowest BCUT2D eigenvalue weighted by Crippen LogP contribution is -2.57. The molecule has 1 aliphatic carbocycles. The molecule has 2 aliphatic heterocycles. The molecule has 1 spiro atoms. The summed E-state index contributed by atoms with van der Waals surface area (Å²) >= 11 is 0. The van der Waals surface area contributed by atoms with Gasteiger partial charge in [-0.25, -0.2) is 9.87 Å². The molecule has 0 unspecified atom stereocenters. The molecule has 0 atom stereocenters. The highest BCUT2D eigenvalue weighted by Crippen LogP contribution is 2.48. The predicted molar refractivity (Wildman–Crippen MR) is 87.3 cm³/mol. The maximum atomic E-state index is 14.4. The van der Waals surface area contributed by atoms with Gasteiger partial charge in [0.2, 0.25) is 0 Å². The minimum Gasteiger partial charge on any atom is -0.316 e. The van der Waals surface area contributed by atoms with Crippen LogP contribution in [0.5, 0.6) is 0 Å². The standard InChI is InChI=1S/C18H24FN3O2/c19-16-7-13(17(23)21-24)6-12-2-5-22(10-15(12)16)14-8-18(9-14)3-1-4-20-11-18/h6-7,14,20,24H,1-5,8-11H2,(H,21,23). The third-order valence-corrected chi connectivity index (χ3v) is 6.10. The molecule has 1 amide bonds. The number of benzene rings is 1. The van der Waals surface area contributed by atoms with E-state index in [9.17, 15) is 9.18 Å². The minimum absolute atomic E-state index is 0.179. The van der Waals surface area contributed by atoms with Crippen molar-refractivity contribution in [2.45, 2.75) is 44.7 Å². The average molecular weight is 333 g/mol. The van der Waals surface area contributed by atoms with Crippen LogP contribution in [-0.2, 0) is 13.0 Å². The summed E-state index contributed by atoms with van der Waals surface area (Å²) in [4.78, 5) is 13.9. The molecule has 0 aromatic heterocycles. The Morgan fingerprint density at radius 3 is 2.96 bits per heavy atom. The van der Waals surface area contributed by atoms with Gasteiger partial charge in [-0.1, -0.05) is 0 Å². The van der Waals surface area contributed by atoms with E-state index in [1.807, 2.05) is 0 Å². The third-order valence-electron chi connectivity index (χ3n) is 6.10. The van der Waals surface area contributed by atoms with Gasteiger partial charge in [-0.05, 0) is 61.8 Å². The van der Waals surface area contributed by atoms with Crippen LogP contribution in [0.25, 0.3) is 0 Å². The van der Waals surface area contributed by atoms with Crippen LogP contribution in [0.15, 0.2) is 12.1 Å². The molecule has 5 nitrogen and oxygen atoms in total. The summed E-state index contributed by atoms with van der Waals surface area (Å²) in [7, 11) is 0. The molecule has 1 aromatic carbocycles. The quantitative estimate of drug-likeness (QED) is 0.571. The summed E-state index contributed by atoms with van der Waals surface area (Å²) in [5, 5.41) is 12.2. The Morgan fingerprint density at radius 1 is 1.42 bits per heavy atom. The molecule has 6 heteroatoms. The monoisotopic (exact) mass is 333 g/mol. The highest BCUT2D eigenvalue weighted by Gasteiger charge is 2.47. The lowest BCUT2D eigenvalue weighted by atomic mass is 9.61. The molecular weight excluding hydrogens is 309 g/mol. The molecule has 1 saturated carbocycles. The topological polar surface area (TPSA) is 64.6 Å². The van der Waals surface area contributed by atoms with Crippen molar-refractivity contribution < 1.29 is 14.4 Å². The molecule has 4 rings (SSSR count). The highest BCUT2D eigenvalue weighted by atomic mass is 19.1. The van der Waals surface area contributed by atoms with Crippen LogP contribution in [0.4, 0.5) is 4.39 Å². The highest BCUT2D eigenvalue weighted by molar-refractivity contribution is 5.93. The van der Waals surface area contributed by atoms with E-state index in [4.69, 9.17) is 5.21 Å². The van der Waals surface area contributed by atoms with Crippen molar-refractivity contribution in [3.05, 3.63) is 34.6 Å². The molecule has 1 aromatic rings. The summed E-state index contributed by atoms with van der Waals surface area (Å²) in [5.74, 6) is -1.01. The van der Waals surface area contributed by atoms with Crippen LogP contribution in [0.1, 0.15) is 47.2 Å². The summed E-state index contributed by atoms with van der Waals surface area (Å²) in [6, 6.07) is 3.48. The van der Waals surface area contributed by atoms with Crippen molar-refractivity contribution in [3.63, 3.8) is 0 Å². The fraction of sp³-hybridized carbons (Fsp3) is 0.611. The van der Waals surface area contributed by atoms with Gasteiger partial charge in [-0.2, -0.15) is 0 Å². The Labute approximate surface area is 141 Å². The third kappa shape index (κ3) is 2.72. The second-order valence-electron chi connectivity index (χ2n) is 7.60. The SMILES string of the molecule is O=C(NO)c1cc(F)c2c(c1)CCN(C1CC3(CCCNC3)C1)C2. The average Bonchev–Trinajstić information content (AvgIpc) is 2.59. The van der Waals surface area contributed by atoms with Crippen LogP contribution < -0.4 is 10.8 Å². The number of hydrogen-bond donors (Lipinski definition) is 3. The fourth-order valence-corrected chi connectivity index (χ4v) is 4.72. The van der Waals surface area contributed by atoms with Crippen LogP contribution in [0, 0.1) is 11.2 Å². The van der Waals surface area contributed by atoms with Gasteiger partial charge in [0.1, 0.15) is 5.82 Å². The summed E-state index contributed by atoms with van der Waals surface area (Å²) in [6.07, 6.45) is 5.75. The van der Waals surface area contributed by atoms with Crippen molar-refractivity contribution >= 4 is 5.91 Å². The van der Waals surface area contributed by atoms with E-state index < -0.39 is 5.91 Å². The Morgan fingerprint density at radius 2 is 2.25 bits per heavy atom. The van der Waals surface area contributed by atoms with Crippen LogP contribution in [-0.4, -0.2) is 41.7 Å². The molecular formula is C18H24FN3O2. The molecule has 0 radical (unpaired) electrons. The number of nitrogens with zero attached hydrogens (tertiary/aromatic N) is 1. The van der Waals surface area contributed by atoms with Crippen molar-refractivity contribution in [3.8, 4) is 0 Å². The predicted octanol–water partition coefficient (Wildman–Crippen LogP) is 1.83. The van der Waals surface area contributed by atoms with Gasteiger partial charge in [0, 0.05) is 36.8 Å². The number of carbonyl (C=O) groups is 1. The van der Waals surface area contributed by atoms with Crippen LogP contribution in [0.3, 0.4) is 0 Å². The first kappa shape index (κ1) is 16.0. The van der Waals surface area contributed by atoms with Gasteiger partial charge >= 0.3 is 0 Å². The first-order chi connectivity index (χ1) is 11.6. The van der Waals surface area contributed by atoms with E-state index in [1.165, 1.54) is 31.7 Å². The van der Waals surface area contributed by atoms with Crippen LogP contribution >= 0.6 is 0 Å². The molecule has 2 fully saturated rings. The Kier molecular flexibility index (Phi) is 4.06. The Balaban J connectivity index is 1.46. The number of amides is 1. The number of hydrogen-bond acceptors (Lipinski definition) is 4. The van der Waals surface area contributed by atoms with E-state index in [-0.39, 0.29) is 11.4 Å². The lowest BCUT2D eigenvalue weighted by Gasteiger charge is -2.54. The normalized spacial score (nSPS) is 29.8. The second-order valence-corrected chi connectivity index (χ2v) is 7.60. The van der Waals surface area contributed by atoms with Crippen molar-refractivity contribution in [2.75, 3.05) is 19.6 Å². The smallest absolute Gasteiger partial charge is 0.274 e. The minimum atomic E-state index is -0.662. The van der Waals surface area contributed by atoms with Crippen molar-refractivity contribution in [1.29, 1.82) is 0 Å². The van der Waals surface area contributed by atoms with E-state index in [0.29, 0.717) is 23.6 Å². The summed E-state index contributed by atoms with van der Waals surface area (Å²) in [5.41, 5.74) is 3.82. The van der Waals surface area contributed by atoms with Crippen molar-refractivity contribution in [1.82, 2.24) is 15.7 Å². The molecule has 2 heterocycles. The van der Waals surface area contributed by atoms with Gasteiger partial charge in [0.15, 0.2) is 0 Å². The fourth-order valence-electron chi connectivity index (χ4n) is 4.72. The molecule has 1 saturated heterocycles. The number of nitrogens with one attached hydrogen (secondary N) is 2. The Bertz CT molecular complexity index is 650. The van der Waals surface area contributed by atoms with Crippen LogP contribution in [0.2, 0.25) is 0 Å². The zero-order valence-corrected chi connectivity index (χ0v) is 13.8. The first-order valence-corrected chi connectivity index (χ1v) is 8.81. The maximum absolute atomic E-state index is 14.4. The molecule has 130 valence electrons. The number of rotatable bonds is 2. The summed E-state index contributed by atoms with van der Waals surface area (Å²) in [6.45, 7) is 3.79.